The van der Waals surface area contributed by atoms with E-state index in [4.69, 9.17) is 17.3 Å². The molecule has 0 radical (unpaired) electrons. The molecular weight excluding hydrogens is 326 g/mol. The number of hydrogen-bond acceptors (Lipinski definition) is 2. The molecule has 2 rings (SSSR count). The molecule has 0 fully saturated rings. The fourth-order valence-corrected chi connectivity index (χ4v) is 2.97. The van der Waals surface area contributed by atoms with Gasteiger partial charge in [0.25, 0.3) is 0 Å². The largest absolute Gasteiger partial charge is 0.324 e. The molecule has 1 atom stereocenters. The Morgan fingerprint density at radius 3 is 2.68 bits per heavy atom. The molecule has 1 aromatic carbocycles. The molecule has 0 aliphatic heterocycles. The van der Waals surface area contributed by atoms with E-state index in [0.717, 1.165) is 21.4 Å². The zero-order valence-corrected chi connectivity index (χ0v) is 13.6. The van der Waals surface area contributed by atoms with Crippen LogP contribution in [0, 0.1) is 13.8 Å². The summed E-state index contributed by atoms with van der Waals surface area (Å²) in [7, 11) is 1.90. The van der Waals surface area contributed by atoms with E-state index < -0.39 is 0 Å². The molecule has 0 aliphatic rings. The maximum Gasteiger partial charge on any atom is 0.0847 e. The van der Waals surface area contributed by atoms with Crippen molar-refractivity contribution in [3.63, 3.8) is 0 Å². The lowest BCUT2D eigenvalue weighted by Gasteiger charge is -2.15. The predicted molar refractivity (Wildman–Crippen MR) is 82.5 cm³/mol. The number of halogens is 2. The standard InChI is InChI=1S/C14H17BrClN3/c1-8-5-4-6-10(13(8)15)11(17)7-12-14(16)9(2)18-19(12)3/h4-6,11H,7,17H2,1-3H3. The second-order valence-electron chi connectivity index (χ2n) is 4.76. The van der Waals surface area contributed by atoms with Crippen molar-refractivity contribution in [2.24, 2.45) is 12.8 Å². The van der Waals surface area contributed by atoms with E-state index in [1.165, 1.54) is 5.56 Å². The van der Waals surface area contributed by atoms with Crippen LogP contribution in [0.15, 0.2) is 22.7 Å². The summed E-state index contributed by atoms with van der Waals surface area (Å²) in [6.45, 7) is 3.96. The Kier molecular flexibility index (Phi) is 4.33. The van der Waals surface area contributed by atoms with Gasteiger partial charge in [0.2, 0.25) is 0 Å². The minimum atomic E-state index is -0.110. The molecule has 0 saturated carbocycles. The van der Waals surface area contributed by atoms with Gasteiger partial charge in [0.1, 0.15) is 0 Å². The van der Waals surface area contributed by atoms with Crippen LogP contribution in [0.2, 0.25) is 5.02 Å². The number of aryl methyl sites for hydroxylation is 3. The molecule has 0 spiro atoms. The van der Waals surface area contributed by atoms with Crippen LogP contribution in [0.25, 0.3) is 0 Å². The highest BCUT2D eigenvalue weighted by molar-refractivity contribution is 9.10. The Morgan fingerprint density at radius 2 is 2.11 bits per heavy atom. The summed E-state index contributed by atoms with van der Waals surface area (Å²) in [5.74, 6) is 0. The van der Waals surface area contributed by atoms with Crippen molar-refractivity contribution in [1.82, 2.24) is 9.78 Å². The van der Waals surface area contributed by atoms with E-state index >= 15 is 0 Å². The molecule has 3 nitrogen and oxygen atoms in total. The topological polar surface area (TPSA) is 43.8 Å². The van der Waals surface area contributed by atoms with Crippen LogP contribution >= 0.6 is 27.5 Å². The van der Waals surface area contributed by atoms with Gasteiger partial charge in [0.15, 0.2) is 0 Å². The van der Waals surface area contributed by atoms with Crippen LogP contribution < -0.4 is 5.73 Å². The second kappa shape index (κ2) is 5.65. The minimum Gasteiger partial charge on any atom is -0.324 e. The number of nitrogens with zero attached hydrogens (tertiary/aromatic N) is 2. The van der Waals surface area contributed by atoms with E-state index in [2.05, 4.69) is 34.0 Å². The average Bonchev–Trinajstić information content (AvgIpc) is 2.59. The smallest absolute Gasteiger partial charge is 0.0847 e. The molecule has 0 saturated heterocycles. The first-order valence-corrected chi connectivity index (χ1v) is 7.27. The lowest BCUT2D eigenvalue weighted by Crippen LogP contribution is -2.16. The van der Waals surface area contributed by atoms with E-state index in [-0.39, 0.29) is 6.04 Å². The van der Waals surface area contributed by atoms with Crippen molar-refractivity contribution >= 4 is 27.5 Å². The van der Waals surface area contributed by atoms with Gasteiger partial charge in [0, 0.05) is 24.0 Å². The van der Waals surface area contributed by atoms with E-state index in [1.54, 1.807) is 4.68 Å². The van der Waals surface area contributed by atoms with Crippen LogP contribution in [0.5, 0.6) is 0 Å². The highest BCUT2D eigenvalue weighted by atomic mass is 79.9. The van der Waals surface area contributed by atoms with E-state index in [0.29, 0.717) is 11.4 Å². The Bertz CT molecular complexity index is 607. The highest BCUT2D eigenvalue weighted by Gasteiger charge is 2.17. The van der Waals surface area contributed by atoms with Crippen molar-refractivity contribution < 1.29 is 0 Å². The molecule has 2 N–H and O–H groups in total. The number of rotatable bonds is 3. The Morgan fingerprint density at radius 1 is 1.42 bits per heavy atom. The predicted octanol–water partition coefficient (Wildman–Crippen LogP) is 3.70. The fourth-order valence-electron chi connectivity index (χ4n) is 2.18. The number of benzene rings is 1. The third-order valence-electron chi connectivity index (χ3n) is 3.30. The molecule has 102 valence electrons. The van der Waals surface area contributed by atoms with Gasteiger partial charge in [-0.1, -0.05) is 45.7 Å². The average molecular weight is 343 g/mol. The lowest BCUT2D eigenvalue weighted by atomic mass is 10.0. The first kappa shape index (κ1) is 14.6. The molecule has 19 heavy (non-hydrogen) atoms. The lowest BCUT2D eigenvalue weighted by molar-refractivity contribution is 0.638. The van der Waals surface area contributed by atoms with Crippen LogP contribution in [-0.2, 0) is 13.5 Å². The number of aromatic nitrogens is 2. The van der Waals surface area contributed by atoms with Crippen molar-refractivity contribution in [3.8, 4) is 0 Å². The molecule has 0 bridgehead atoms. The van der Waals surface area contributed by atoms with Crippen LogP contribution in [-0.4, -0.2) is 9.78 Å². The summed E-state index contributed by atoms with van der Waals surface area (Å²) < 4.78 is 2.87. The third kappa shape index (κ3) is 2.86. The van der Waals surface area contributed by atoms with Gasteiger partial charge in [-0.15, -0.1) is 0 Å². The van der Waals surface area contributed by atoms with Crippen LogP contribution in [0.4, 0.5) is 0 Å². The van der Waals surface area contributed by atoms with Crippen molar-refractivity contribution in [1.29, 1.82) is 0 Å². The molecule has 2 aromatic rings. The monoisotopic (exact) mass is 341 g/mol. The molecule has 0 amide bonds. The Balaban J connectivity index is 2.31. The van der Waals surface area contributed by atoms with Gasteiger partial charge in [-0.25, -0.2) is 0 Å². The number of nitrogens with two attached hydrogens (primary N) is 1. The number of hydrogen-bond donors (Lipinski definition) is 1. The van der Waals surface area contributed by atoms with Gasteiger partial charge in [-0.2, -0.15) is 5.10 Å². The Hall–Kier alpha value is -0.840. The normalized spacial score (nSPS) is 12.7. The zero-order chi connectivity index (χ0) is 14.2. The SMILES string of the molecule is Cc1cccc(C(N)Cc2c(Cl)c(C)nn2C)c1Br. The summed E-state index contributed by atoms with van der Waals surface area (Å²) >= 11 is 9.87. The van der Waals surface area contributed by atoms with Crippen molar-refractivity contribution in [3.05, 3.63) is 50.2 Å². The first-order valence-electron chi connectivity index (χ1n) is 6.10. The Labute approximate surface area is 126 Å². The van der Waals surface area contributed by atoms with Gasteiger partial charge in [0.05, 0.1) is 16.4 Å². The van der Waals surface area contributed by atoms with Crippen molar-refractivity contribution in [2.45, 2.75) is 26.3 Å². The summed E-state index contributed by atoms with van der Waals surface area (Å²) in [4.78, 5) is 0. The van der Waals surface area contributed by atoms with Crippen LogP contribution in [0.3, 0.4) is 0 Å². The third-order valence-corrected chi connectivity index (χ3v) is 4.87. The summed E-state index contributed by atoms with van der Waals surface area (Å²) in [5.41, 5.74) is 10.4. The highest BCUT2D eigenvalue weighted by Crippen LogP contribution is 2.29. The van der Waals surface area contributed by atoms with Crippen molar-refractivity contribution in [2.75, 3.05) is 0 Å². The first-order chi connectivity index (χ1) is 8.91. The van der Waals surface area contributed by atoms with Gasteiger partial charge >= 0.3 is 0 Å². The molecule has 0 aliphatic carbocycles. The molecule has 1 unspecified atom stereocenters. The second-order valence-corrected chi connectivity index (χ2v) is 5.93. The van der Waals surface area contributed by atoms with E-state index in [9.17, 15) is 0 Å². The molecule has 1 heterocycles. The van der Waals surface area contributed by atoms with Gasteiger partial charge < -0.3 is 5.73 Å². The van der Waals surface area contributed by atoms with Crippen LogP contribution in [0.1, 0.15) is 28.6 Å². The van der Waals surface area contributed by atoms with E-state index in [1.807, 2.05) is 26.1 Å². The molecular formula is C14H17BrClN3. The minimum absolute atomic E-state index is 0.110. The molecule has 5 heteroatoms. The van der Waals surface area contributed by atoms with Gasteiger partial charge in [-0.3, -0.25) is 4.68 Å². The zero-order valence-electron chi connectivity index (χ0n) is 11.2. The summed E-state index contributed by atoms with van der Waals surface area (Å²) in [6.07, 6.45) is 0.665. The maximum atomic E-state index is 6.31. The maximum absolute atomic E-state index is 6.31. The quantitative estimate of drug-likeness (QED) is 0.924. The fraction of sp³-hybridized carbons (Fsp3) is 0.357. The molecule has 1 aromatic heterocycles. The van der Waals surface area contributed by atoms with Gasteiger partial charge in [-0.05, 0) is 25.0 Å². The summed E-state index contributed by atoms with van der Waals surface area (Å²) in [5, 5.41) is 5.02. The summed E-state index contributed by atoms with van der Waals surface area (Å²) in [6, 6.07) is 6.01.